The molecule has 0 spiro atoms. The summed E-state index contributed by atoms with van der Waals surface area (Å²) in [4.78, 5) is 0.386. The van der Waals surface area contributed by atoms with E-state index in [-0.39, 0.29) is 5.41 Å². The molecule has 0 unspecified atom stereocenters. The van der Waals surface area contributed by atoms with Crippen LogP contribution in [0.1, 0.15) is 44.2 Å². The van der Waals surface area contributed by atoms with Crippen LogP contribution in [0.5, 0.6) is 0 Å². The topological polar surface area (TPSA) is 63.4 Å². The summed E-state index contributed by atoms with van der Waals surface area (Å²) in [5, 5.41) is 0. The molecule has 2 N–H and O–H groups in total. The highest BCUT2D eigenvalue weighted by Gasteiger charge is 2.34. The monoisotopic (exact) mass is 310 g/mol. The van der Waals surface area contributed by atoms with Gasteiger partial charge in [0.25, 0.3) is 0 Å². The van der Waals surface area contributed by atoms with Crippen LogP contribution in [0.3, 0.4) is 0 Å². The fourth-order valence-corrected chi connectivity index (χ4v) is 4.35. The highest BCUT2D eigenvalue weighted by Crippen LogP contribution is 2.35. The van der Waals surface area contributed by atoms with E-state index in [1.165, 1.54) is 0 Å². The number of nitrogens with two attached hydrogens (primary N) is 1. The summed E-state index contributed by atoms with van der Waals surface area (Å²) in [7, 11) is -3.38. The minimum atomic E-state index is -3.38. The normalized spacial score (nSPS) is 19.6. The van der Waals surface area contributed by atoms with Crippen molar-refractivity contribution in [3.8, 4) is 0 Å². The van der Waals surface area contributed by atoms with Gasteiger partial charge in [0.15, 0.2) is 0 Å². The third-order valence-corrected chi connectivity index (χ3v) is 6.85. The first-order chi connectivity index (χ1) is 9.82. The van der Waals surface area contributed by atoms with Crippen molar-refractivity contribution >= 4 is 10.0 Å². The second-order valence-electron chi connectivity index (χ2n) is 6.36. The molecule has 1 aliphatic heterocycles. The zero-order valence-electron chi connectivity index (χ0n) is 13.2. The average Bonchev–Trinajstić information content (AvgIpc) is 2.47. The van der Waals surface area contributed by atoms with E-state index in [0.717, 1.165) is 30.4 Å². The van der Waals surface area contributed by atoms with Gasteiger partial charge in [0.05, 0.1) is 4.90 Å². The second-order valence-corrected chi connectivity index (χ2v) is 8.30. The summed E-state index contributed by atoms with van der Waals surface area (Å²) < 4.78 is 27.1. The maximum Gasteiger partial charge on any atom is 0.243 e. The molecule has 1 aliphatic rings. The molecule has 1 saturated heterocycles. The van der Waals surface area contributed by atoms with Crippen molar-refractivity contribution in [3.05, 3.63) is 29.3 Å². The molecule has 1 aromatic rings. The van der Waals surface area contributed by atoms with Gasteiger partial charge < -0.3 is 5.73 Å². The van der Waals surface area contributed by atoms with Crippen molar-refractivity contribution in [3.63, 3.8) is 0 Å². The Balaban J connectivity index is 2.21. The number of rotatable bonds is 4. The summed E-state index contributed by atoms with van der Waals surface area (Å²) in [5.74, 6) is 0. The fraction of sp³-hybridized carbons (Fsp3) is 0.625. The Hall–Kier alpha value is -0.910. The Morgan fingerprint density at radius 2 is 1.90 bits per heavy atom. The lowest BCUT2D eigenvalue weighted by Crippen LogP contribution is -2.41. The van der Waals surface area contributed by atoms with Gasteiger partial charge >= 0.3 is 0 Å². The van der Waals surface area contributed by atoms with Crippen LogP contribution in [0.15, 0.2) is 23.1 Å². The molecule has 0 amide bonds. The molecule has 1 fully saturated rings. The SMILES string of the molecule is CCC1(C)CCN(S(=O)(=O)c2ccc(CN)c(C)c2)CC1. The van der Waals surface area contributed by atoms with Gasteiger partial charge in [-0.1, -0.05) is 26.3 Å². The lowest BCUT2D eigenvalue weighted by atomic mass is 9.79. The summed E-state index contributed by atoms with van der Waals surface area (Å²) in [6.07, 6.45) is 2.97. The number of hydrogen-bond acceptors (Lipinski definition) is 3. The standard InChI is InChI=1S/C16H26N2O2S/c1-4-16(3)7-9-18(10-8-16)21(19,20)15-6-5-14(12-17)13(2)11-15/h5-6,11H,4,7-10,12,17H2,1-3H3. The average molecular weight is 310 g/mol. The predicted octanol–water partition coefficient (Wildman–Crippen LogP) is 2.65. The lowest BCUT2D eigenvalue weighted by molar-refractivity contribution is 0.169. The molecular formula is C16H26N2O2S. The van der Waals surface area contributed by atoms with Crippen molar-refractivity contribution < 1.29 is 8.42 Å². The van der Waals surface area contributed by atoms with E-state index in [0.29, 0.717) is 24.5 Å². The number of aryl methyl sites for hydroxylation is 1. The minimum Gasteiger partial charge on any atom is -0.326 e. The van der Waals surface area contributed by atoms with Crippen LogP contribution < -0.4 is 5.73 Å². The zero-order chi connectivity index (χ0) is 15.7. The van der Waals surface area contributed by atoms with Gasteiger partial charge in [-0.25, -0.2) is 8.42 Å². The molecule has 5 heteroatoms. The van der Waals surface area contributed by atoms with E-state index in [2.05, 4.69) is 13.8 Å². The van der Waals surface area contributed by atoms with Gasteiger partial charge in [-0.3, -0.25) is 0 Å². The summed E-state index contributed by atoms with van der Waals surface area (Å²) in [6.45, 7) is 8.00. The number of sulfonamides is 1. The van der Waals surface area contributed by atoms with Gasteiger partial charge in [0, 0.05) is 19.6 Å². The molecule has 1 heterocycles. The van der Waals surface area contributed by atoms with Gasteiger partial charge in [-0.2, -0.15) is 4.31 Å². The van der Waals surface area contributed by atoms with E-state index >= 15 is 0 Å². The number of benzene rings is 1. The van der Waals surface area contributed by atoms with E-state index in [1.807, 2.05) is 13.0 Å². The Labute approximate surface area is 128 Å². The van der Waals surface area contributed by atoms with Gasteiger partial charge in [-0.15, -0.1) is 0 Å². The highest BCUT2D eigenvalue weighted by molar-refractivity contribution is 7.89. The minimum absolute atomic E-state index is 0.283. The van der Waals surface area contributed by atoms with Crippen LogP contribution in [-0.2, 0) is 16.6 Å². The molecule has 0 aliphatic carbocycles. The molecule has 1 aromatic carbocycles. The molecular weight excluding hydrogens is 284 g/mol. The Morgan fingerprint density at radius 3 is 2.38 bits per heavy atom. The maximum atomic E-state index is 12.7. The predicted molar refractivity (Wildman–Crippen MR) is 85.5 cm³/mol. The quantitative estimate of drug-likeness (QED) is 0.930. The van der Waals surface area contributed by atoms with Gasteiger partial charge in [0.2, 0.25) is 10.0 Å². The Morgan fingerprint density at radius 1 is 1.29 bits per heavy atom. The van der Waals surface area contributed by atoms with Crippen molar-refractivity contribution in [2.24, 2.45) is 11.1 Å². The van der Waals surface area contributed by atoms with Crippen LogP contribution in [-0.4, -0.2) is 25.8 Å². The first-order valence-electron chi connectivity index (χ1n) is 7.62. The van der Waals surface area contributed by atoms with Crippen LogP contribution in [0.2, 0.25) is 0 Å². The van der Waals surface area contributed by atoms with Crippen molar-refractivity contribution in [2.75, 3.05) is 13.1 Å². The van der Waals surface area contributed by atoms with Crippen LogP contribution in [0.4, 0.5) is 0 Å². The third kappa shape index (κ3) is 3.30. The summed E-state index contributed by atoms with van der Waals surface area (Å²) in [5.41, 5.74) is 7.85. The van der Waals surface area contributed by atoms with Crippen molar-refractivity contribution in [1.82, 2.24) is 4.31 Å². The Kier molecular flexibility index (Phi) is 4.76. The highest BCUT2D eigenvalue weighted by atomic mass is 32.2. The molecule has 0 atom stereocenters. The number of hydrogen-bond donors (Lipinski definition) is 1. The molecule has 0 radical (unpaired) electrons. The summed E-state index contributed by atoms with van der Waals surface area (Å²) in [6, 6.07) is 5.24. The molecule has 0 saturated carbocycles. The molecule has 0 aromatic heterocycles. The molecule has 2 rings (SSSR count). The van der Waals surface area contributed by atoms with E-state index < -0.39 is 10.0 Å². The van der Waals surface area contributed by atoms with Crippen molar-refractivity contribution in [2.45, 2.75) is 51.5 Å². The maximum absolute atomic E-state index is 12.7. The van der Waals surface area contributed by atoms with E-state index in [1.54, 1.807) is 16.4 Å². The Bertz CT molecular complexity index is 603. The first-order valence-corrected chi connectivity index (χ1v) is 9.06. The largest absolute Gasteiger partial charge is 0.326 e. The van der Waals surface area contributed by atoms with Gasteiger partial charge in [-0.05, 0) is 48.4 Å². The molecule has 118 valence electrons. The third-order valence-electron chi connectivity index (χ3n) is 4.95. The second kappa shape index (κ2) is 6.07. The molecule has 0 bridgehead atoms. The van der Waals surface area contributed by atoms with Crippen LogP contribution in [0, 0.1) is 12.3 Å². The first kappa shape index (κ1) is 16.5. The summed E-state index contributed by atoms with van der Waals surface area (Å²) >= 11 is 0. The molecule has 21 heavy (non-hydrogen) atoms. The zero-order valence-corrected chi connectivity index (χ0v) is 14.0. The fourth-order valence-electron chi connectivity index (χ4n) is 2.83. The molecule has 4 nitrogen and oxygen atoms in total. The van der Waals surface area contributed by atoms with E-state index in [4.69, 9.17) is 5.73 Å². The van der Waals surface area contributed by atoms with Crippen LogP contribution in [0.25, 0.3) is 0 Å². The number of piperidine rings is 1. The number of nitrogens with zero attached hydrogens (tertiary/aromatic N) is 1. The van der Waals surface area contributed by atoms with Crippen molar-refractivity contribution in [1.29, 1.82) is 0 Å². The smallest absolute Gasteiger partial charge is 0.243 e. The van der Waals surface area contributed by atoms with Gasteiger partial charge in [0.1, 0.15) is 0 Å². The van der Waals surface area contributed by atoms with Crippen LogP contribution >= 0.6 is 0 Å². The van der Waals surface area contributed by atoms with E-state index in [9.17, 15) is 8.42 Å². The lowest BCUT2D eigenvalue weighted by Gasteiger charge is -2.38.